The van der Waals surface area contributed by atoms with Crippen molar-refractivity contribution in [3.05, 3.63) is 35.4 Å². The van der Waals surface area contributed by atoms with Gasteiger partial charge in [0.15, 0.2) is 0 Å². The topological polar surface area (TPSA) is 63.6 Å². The van der Waals surface area contributed by atoms with Gasteiger partial charge in [-0.2, -0.15) is 0 Å². The van der Waals surface area contributed by atoms with Crippen molar-refractivity contribution in [2.45, 2.75) is 20.3 Å². The molecule has 0 bridgehead atoms. The minimum absolute atomic E-state index is 0.394. The molecule has 0 fully saturated rings. The van der Waals surface area contributed by atoms with Crippen LogP contribution in [0.25, 0.3) is 0 Å². The van der Waals surface area contributed by atoms with Crippen LogP contribution in [0.5, 0.6) is 0 Å². The maximum atomic E-state index is 11.2. The number of esters is 1. The van der Waals surface area contributed by atoms with E-state index in [1.165, 1.54) is 7.11 Å². The second-order valence-electron chi connectivity index (χ2n) is 4.55. The van der Waals surface area contributed by atoms with Gasteiger partial charge in [0, 0.05) is 0 Å². The molecule has 0 atom stereocenters. The molecule has 0 aliphatic heterocycles. The van der Waals surface area contributed by atoms with Crippen molar-refractivity contribution in [2.24, 2.45) is 5.41 Å². The first-order valence-corrected chi connectivity index (χ1v) is 5.27. The molecule has 17 heavy (non-hydrogen) atoms. The molecule has 0 radical (unpaired) electrons. The second-order valence-corrected chi connectivity index (χ2v) is 4.55. The van der Waals surface area contributed by atoms with Crippen molar-refractivity contribution in [2.75, 3.05) is 7.11 Å². The van der Waals surface area contributed by atoms with Crippen molar-refractivity contribution in [1.29, 1.82) is 0 Å². The number of hydrogen-bond acceptors (Lipinski definition) is 3. The Hall–Kier alpha value is -1.84. The van der Waals surface area contributed by atoms with Crippen LogP contribution in [-0.2, 0) is 16.0 Å². The van der Waals surface area contributed by atoms with Crippen LogP contribution in [0.2, 0.25) is 0 Å². The number of hydrogen-bond donors (Lipinski definition) is 1. The first-order chi connectivity index (χ1) is 7.86. The lowest BCUT2D eigenvalue weighted by Gasteiger charge is -2.18. The largest absolute Gasteiger partial charge is 0.481 e. The summed E-state index contributed by atoms with van der Waals surface area (Å²) in [5, 5.41) is 9.01. The molecule has 1 rings (SSSR count). The van der Waals surface area contributed by atoms with Crippen LogP contribution in [0.15, 0.2) is 24.3 Å². The fraction of sp³-hybridized carbons (Fsp3) is 0.385. The van der Waals surface area contributed by atoms with Gasteiger partial charge in [0.25, 0.3) is 0 Å². The molecule has 0 amide bonds. The zero-order valence-corrected chi connectivity index (χ0v) is 10.2. The fourth-order valence-electron chi connectivity index (χ4n) is 1.46. The summed E-state index contributed by atoms with van der Waals surface area (Å²) < 4.78 is 4.58. The number of carboxylic acids is 1. The lowest BCUT2D eigenvalue weighted by molar-refractivity contribution is -0.146. The summed E-state index contributed by atoms with van der Waals surface area (Å²) in [6, 6.07) is 6.77. The van der Waals surface area contributed by atoms with Crippen molar-refractivity contribution >= 4 is 11.9 Å². The van der Waals surface area contributed by atoms with E-state index >= 15 is 0 Å². The van der Waals surface area contributed by atoms with E-state index in [1.807, 2.05) is 0 Å². The predicted octanol–water partition coefficient (Wildman–Crippen LogP) is 2.13. The standard InChI is InChI=1S/C13H16O4/c1-13(2,12(15)16)8-9-4-6-10(7-5-9)11(14)17-3/h4-7H,8H2,1-3H3,(H,15,16). The molecule has 0 aliphatic carbocycles. The normalized spacial score (nSPS) is 11.0. The molecular weight excluding hydrogens is 220 g/mol. The third kappa shape index (κ3) is 3.31. The maximum Gasteiger partial charge on any atom is 0.337 e. The first-order valence-electron chi connectivity index (χ1n) is 5.27. The minimum atomic E-state index is -0.838. The van der Waals surface area contributed by atoms with Gasteiger partial charge in [0.05, 0.1) is 18.1 Å². The molecule has 92 valence electrons. The van der Waals surface area contributed by atoms with Gasteiger partial charge in [-0.1, -0.05) is 12.1 Å². The number of methoxy groups -OCH3 is 1. The molecule has 0 unspecified atom stereocenters. The fourth-order valence-corrected chi connectivity index (χ4v) is 1.46. The molecule has 0 aliphatic rings. The molecule has 0 aromatic heterocycles. The van der Waals surface area contributed by atoms with Gasteiger partial charge in [0.2, 0.25) is 0 Å². The van der Waals surface area contributed by atoms with Crippen LogP contribution in [0.1, 0.15) is 29.8 Å². The summed E-state index contributed by atoms with van der Waals surface area (Å²) in [6.07, 6.45) is 0.420. The smallest absolute Gasteiger partial charge is 0.337 e. The van der Waals surface area contributed by atoms with Gasteiger partial charge in [-0.15, -0.1) is 0 Å². The van der Waals surface area contributed by atoms with Crippen LogP contribution in [0.3, 0.4) is 0 Å². The molecule has 0 heterocycles. The molecule has 1 N–H and O–H groups in total. The highest BCUT2D eigenvalue weighted by Crippen LogP contribution is 2.22. The lowest BCUT2D eigenvalue weighted by Crippen LogP contribution is -2.26. The predicted molar refractivity (Wildman–Crippen MR) is 62.9 cm³/mol. The Morgan fingerprint density at radius 3 is 2.18 bits per heavy atom. The Bertz CT molecular complexity index is 418. The maximum absolute atomic E-state index is 11.2. The summed E-state index contributed by atoms with van der Waals surface area (Å²) in [7, 11) is 1.32. The summed E-state index contributed by atoms with van der Waals surface area (Å²) in [5.74, 6) is -1.23. The average Bonchev–Trinajstić information content (AvgIpc) is 2.28. The lowest BCUT2D eigenvalue weighted by atomic mass is 9.86. The van der Waals surface area contributed by atoms with E-state index in [0.29, 0.717) is 12.0 Å². The molecule has 1 aromatic rings. The Morgan fingerprint density at radius 1 is 1.24 bits per heavy atom. The van der Waals surface area contributed by atoms with Crippen LogP contribution in [0, 0.1) is 5.41 Å². The molecule has 4 heteroatoms. The van der Waals surface area contributed by atoms with Crippen molar-refractivity contribution in [1.82, 2.24) is 0 Å². The van der Waals surface area contributed by atoms with E-state index in [9.17, 15) is 9.59 Å². The number of carbonyl (C=O) groups is 2. The Labute approximate surface area is 100 Å². The number of rotatable bonds is 4. The van der Waals surface area contributed by atoms with Gasteiger partial charge in [-0.05, 0) is 38.0 Å². The van der Waals surface area contributed by atoms with Crippen LogP contribution in [0.4, 0.5) is 0 Å². The second kappa shape index (κ2) is 4.99. The number of aliphatic carboxylic acids is 1. The van der Waals surface area contributed by atoms with Crippen molar-refractivity contribution < 1.29 is 19.4 Å². The van der Waals surface area contributed by atoms with Crippen LogP contribution < -0.4 is 0 Å². The van der Waals surface area contributed by atoms with Gasteiger partial charge < -0.3 is 9.84 Å². The summed E-state index contributed by atoms with van der Waals surface area (Å²) in [6.45, 7) is 3.34. The molecule has 4 nitrogen and oxygen atoms in total. The zero-order chi connectivity index (χ0) is 13.1. The third-order valence-electron chi connectivity index (χ3n) is 2.60. The first kappa shape index (κ1) is 13.2. The van der Waals surface area contributed by atoms with Gasteiger partial charge in [-0.3, -0.25) is 4.79 Å². The molecular formula is C13H16O4. The van der Waals surface area contributed by atoms with E-state index in [2.05, 4.69) is 4.74 Å². The Morgan fingerprint density at radius 2 is 1.76 bits per heavy atom. The van der Waals surface area contributed by atoms with Crippen molar-refractivity contribution in [3.8, 4) is 0 Å². The molecule has 0 spiro atoms. The van der Waals surface area contributed by atoms with E-state index in [-0.39, 0.29) is 0 Å². The van der Waals surface area contributed by atoms with E-state index in [0.717, 1.165) is 5.56 Å². The monoisotopic (exact) mass is 236 g/mol. The van der Waals surface area contributed by atoms with Gasteiger partial charge in [0.1, 0.15) is 0 Å². The minimum Gasteiger partial charge on any atom is -0.481 e. The van der Waals surface area contributed by atoms with E-state index in [1.54, 1.807) is 38.1 Å². The van der Waals surface area contributed by atoms with Gasteiger partial charge in [-0.25, -0.2) is 4.79 Å². The highest BCUT2D eigenvalue weighted by Gasteiger charge is 2.27. The van der Waals surface area contributed by atoms with Crippen molar-refractivity contribution in [3.63, 3.8) is 0 Å². The highest BCUT2D eigenvalue weighted by molar-refractivity contribution is 5.89. The number of carboxylic acid groups (broad SMARTS) is 1. The third-order valence-corrected chi connectivity index (χ3v) is 2.60. The number of ether oxygens (including phenoxy) is 1. The summed E-state index contributed by atoms with van der Waals surface area (Å²) in [4.78, 5) is 22.2. The van der Waals surface area contributed by atoms with E-state index in [4.69, 9.17) is 5.11 Å². The van der Waals surface area contributed by atoms with Crippen LogP contribution >= 0.6 is 0 Å². The summed E-state index contributed by atoms with van der Waals surface area (Å²) >= 11 is 0. The highest BCUT2D eigenvalue weighted by atomic mass is 16.5. The molecule has 1 aromatic carbocycles. The Kier molecular flexibility index (Phi) is 3.89. The Balaban J connectivity index is 2.82. The zero-order valence-electron chi connectivity index (χ0n) is 10.2. The summed E-state index contributed by atoms with van der Waals surface area (Å²) in [5.41, 5.74) is 0.529. The number of carbonyl (C=O) groups excluding carboxylic acids is 1. The quantitative estimate of drug-likeness (QED) is 0.813. The molecule has 0 saturated carbocycles. The molecule has 0 saturated heterocycles. The SMILES string of the molecule is COC(=O)c1ccc(CC(C)(C)C(=O)O)cc1. The van der Waals surface area contributed by atoms with Gasteiger partial charge >= 0.3 is 11.9 Å². The number of benzene rings is 1. The van der Waals surface area contributed by atoms with E-state index < -0.39 is 17.4 Å². The average molecular weight is 236 g/mol. The van der Waals surface area contributed by atoms with Crippen LogP contribution in [-0.4, -0.2) is 24.2 Å².